The topological polar surface area (TPSA) is 93.2 Å². The van der Waals surface area contributed by atoms with E-state index in [0.29, 0.717) is 18.0 Å². The van der Waals surface area contributed by atoms with Crippen LogP contribution in [0.15, 0.2) is 64.2 Å². The summed E-state index contributed by atoms with van der Waals surface area (Å²) in [6, 6.07) is 15.9. The minimum Gasteiger partial charge on any atom is -0.493 e. The number of rotatable bonds is 5. The Bertz CT molecular complexity index is 1070. The number of nitrogens with zero attached hydrogens (tertiary/aromatic N) is 1. The van der Waals surface area contributed by atoms with Gasteiger partial charge in [-0.05, 0) is 19.1 Å². The molecule has 2 aromatic carbocycles. The van der Waals surface area contributed by atoms with Crippen LogP contribution in [0.4, 0.5) is 5.69 Å². The van der Waals surface area contributed by atoms with Gasteiger partial charge >= 0.3 is 5.69 Å². The van der Waals surface area contributed by atoms with Gasteiger partial charge in [0, 0.05) is 29.9 Å². The van der Waals surface area contributed by atoms with Gasteiger partial charge in [0.2, 0.25) is 0 Å². The minimum atomic E-state index is -0.650. The number of H-pyrrole nitrogens is 1. The highest BCUT2D eigenvalue weighted by Gasteiger charge is 2.14. The lowest BCUT2D eigenvalue weighted by atomic mass is 10.0. The molecule has 1 aromatic heterocycles. The highest BCUT2D eigenvalue weighted by molar-refractivity contribution is 6.05. The number of carbonyl (C=O) groups excluding carboxylic acids is 1. The fourth-order valence-corrected chi connectivity index (χ4v) is 2.66. The largest absolute Gasteiger partial charge is 0.493 e. The summed E-state index contributed by atoms with van der Waals surface area (Å²) < 4.78 is 6.57. The van der Waals surface area contributed by atoms with Gasteiger partial charge in [-0.3, -0.25) is 14.2 Å². The number of carbonyl (C=O) groups is 1. The molecule has 0 spiro atoms. The number of hydrogen-bond acceptors (Lipinski definition) is 4. The number of nitrogens with one attached hydrogen (secondary N) is 2. The van der Waals surface area contributed by atoms with Gasteiger partial charge < -0.3 is 15.0 Å². The molecule has 0 fully saturated rings. The first-order chi connectivity index (χ1) is 13.0. The van der Waals surface area contributed by atoms with Crippen LogP contribution in [0, 0.1) is 0 Å². The molecular formula is C20H19N3O4. The SMILES string of the molecule is CCOc1ccccc1-c1ccccc1NC(=O)c1cc(=O)n(C)c(=O)[nH]1. The number of para-hydroxylation sites is 2. The van der Waals surface area contributed by atoms with Crippen molar-refractivity contribution >= 4 is 11.6 Å². The quantitative estimate of drug-likeness (QED) is 0.726. The van der Waals surface area contributed by atoms with Gasteiger partial charge in [-0.15, -0.1) is 0 Å². The zero-order chi connectivity index (χ0) is 19.4. The van der Waals surface area contributed by atoms with Gasteiger partial charge in [0.1, 0.15) is 11.4 Å². The van der Waals surface area contributed by atoms with Crippen LogP contribution < -0.4 is 21.3 Å². The first kappa shape index (κ1) is 18.2. The smallest absolute Gasteiger partial charge is 0.328 e. The van der Waals surface area contributed by atoms with E-state index in [1.807, 2.05) is 43.3 Å². The highest BCUT2D eigenvalue weighted by atomic mass is 16.5. The number of aromatic amines is 1. The molecular weight excluding hydrogens is 346 g/mol. The van der Waals surface area contributed by atoms with Gasteiger partial charge in [0.15, 0.2) is 0 Å². The third kappa shape index (κ3) is 3.82. The molecule has 138 valence electrons. The predicted octanol–water partition coefficient (Wildman–Crippen LogP) is 2.39. The van der Waals surface area contributed by atoms with E-state index in [0.717, 1.165) is 21.8 Å². The fourth-order valence-electron chi connectivity index (χ4n) is 2.66. The molecule has 3 aromatic rings. The first-order valence-corrected chi connectivity index (χ1v) is 8.44. The second-order valence-corrected chi connectivity index (χ2v) is 5.81. The molecule has 3 rings (SSSR count). The molecule has 0 unspecified atom stereocenters. The average molecular weight is 365 g/mol. The van der Waals surface area contributed by atoms with E-state index in [9.17, 15) is 14.4 Å². The van der Waals surface area contributed by atoms with Crippen molar-refractivity contribution in [1.82, 2.24) is 9.55 Å². The molecule has 27 heavy (non-hydrogen) atoms. The molecule has 0 bridgehead atoms. The van der Waals surface area contributed by atoms with Crippen LogP contribution in [0.1, 0.15) is 17.4 Å². The van der Waals surface area contributed by atoms with Crippen LogP contribution in [0.3, 0.4) is 0 Å². The van der Waals surface area contributed by atoms with Crippen molar-refractivity contribution < 1.29 is 9.53 Å². The molecule has 0 atom stereocenters. The minimum absolute atomic E-state index is 0.101. The Morgan fingerprint density at radius 1 is 1.07 bits per heavy atom. The fraction of sp³-hybridized carbons (Fsp3) is 0.150. The maximum atomic E-state index is 12.6. The molecule has 0 aliphatic carbocycles. The summed E-state index contributed by atoms with van der Waals surface area (Å²) in [6.45, 7) is 2.41. The van der Waals surface area contributed by atoms with Crippen molar-refractivity contribution in [3.63, 3.8) is 0 Å². The van der Waals surface area contributed by atoms with Gasteiger partial charge in [-0.2, -0.15) is 0 Å². The number of benzene rings is 2. The summed E-state index contributed by atoms with van der Waals surface area (Å²) >= 11 is 0. The molecule has 0 aliphatic heterocycles. The van der Waals surface area contributed by atoms with Crippen molar-refractivity contribution in [3.05, 3.63) is 81.1 Å². The van der Waals surface area contributed by atoms with Crippen LogP contribution in [0.25, 0.3) is 11.1 Å². The molecule has 0 saturated heterocycles. The lowest BCUT2D eigenvalue weighted by Gasteiger charge is -2.14. The van der Waals surface area contributed by atoms with Crippen LogP contribution in [0.2, 0.25) is 0 Å². The third-order valence-electron chi connectivity index (χ3n) is 4.04. The van der Waals surface area contributed by atoms with Crippen molar-refractivity contribution in [2.45, 2.75) is 6.92 Å². The lowest BCUT2D eigenvalue weighted by Crippen LogP contribution is -2.34. The third-order valence-corrected chi connectivity index (χ3v) is 4.04. The summed E-state index contributed by atoms with van der Waals surface area (Å²) in [7, 11) is 1.34. The number of amides is 1. The second-order valence-electron chi connectivity index (χ2n) is 5.81. The van der Waals surface area contributed by atoms with Crippen LogP contribution >= 0.6 is 0 Å². The molecule has 2 N–H and O–H groups in total. The zero-order valence-electron chi connectivity index (χ0n) is 15.0. The molecule has 1 amide bonds. The van der Waals surface area contributed by atoms with E-state index in [1.165, 1.54) is 7.05 Å². The monoisotopic (exact) mass is 365 g/mol. The molecule has 7 nitrogen and oxygen atoms in total. The van der Waals surface area contributed by atoms with Gasteiger partial charge in [-0.25, -0.2) is 4.79 Å². The van der Waals surface area contributed by atoms with E-state index in [4.69, 9.17) is 4.74 Å². The van der Waals surface area contributed by atoms with Gasteiger partial charge in [0.05, 0.1) is 6.61 Å². The summed E-state index contributed by atoms with van der Waals surface area (Å²) in [4.78, 5) is 38.5. The number of ether oxygens (including phenoxy) is 1. The summed E-state index contributed by atoms with van der Waals surface area (Å²) in [5.74, 6) is 0.120. The number of hydrogen-bond donors (Lipinski definition) is 2. The van der Waals surface area contributed by atoms with Crippen molar-refractivity contribution in [3.8, 4) is 16.9 Å². The van der Waals surface area contributed by atoms with Gasteiger partial charge in [0.25, 0.3) is 11.5 Å². The standard InChI is InChI=1S/C20H19N3O4/c1-3-27-17-11-7-5-9-14(17)13-8-4-6-10-15(13)21-19(25)16-12-18(24)23(2)20(26)22-16/h4-12H,3H2,1-2H3,(H,21,25)(H,22,26). The Balaban J connectivity index is 1.99. The molecule has 7 heteroatoms. The number of anilines is 1. The van der Waals surface area contributed by atoms with E-state index >= 15 is 0 Å². The Morgan fingerprint density at radius 2 is 1.74 bits per heavy atom. The Morgan fingerprint density at radius 3 is 2.44 bits per heavy atom. The van der Waals surface area contributed by atoms with Crippen molar-refractivity contribution in [2.24, 2.45) is 7.05 Å². The molecule has 0 radical (unpaired) electrons. The lowest BCUT2D eigenvalue weighted by molar-refractivity contribution is 0.102. The Labute approximate surface area is 155 Å². The normalized spacial score (nSPS) is 10.4. The van der Waals surface area contributed by atoms with Crippen LogP contribution in [-0.4, -0.2) is 22.1 Å². The maximum Gasteiger partial charge on any atom is 0.328 e. The second kappa shape index (κ2) is 7.74. The zero-order valence-corrected chi connectivity index (χ0v) is 15.0. The summed E-state index contributed by atoms with van der Waals surface area (Å²) in [5, 5.41) is 2.76. The van der Waals surface area contributed by atoms with E-state index in [2.05, 4.69) is 10.3 Å². The molecule has 0 aliphatic rings. The first-order valence-electron chi connectivity index (χ1n) is 8.44. The number of aromatic nitrogens is 2. The van der Waals surface area contributed by atoms with Crippen LogP contribution in [-0.2, 0) is 7.05 Å². The average Bonchev–Trinajstić information content (AvgIpc) is 2.67. The van der Waals surface area contributed by atoms with E-state index in [1.54, 1.807) is 12.1 Å². The predicted molar refractivity (Wildman–Crippen MR) is 103 cm³/mol. The maximum absolute atomic E-state index is 12.6. The summed E-state index contributed by atoms with van der Waals surface area (Å²) in [5.41, 5.74) is 0.822. The highest BCUT2D eigenvalue weighted by Crippen LogP contribution is 2.35. The molecule has 0 saturated carbocycles. The Kier molecular flexibility index (Phi) is 5.21. The van der Waals surface area contributed by atoms with Crippen molar-refractivity contribution in [2.75, 3.05) is 11.9 Å². The van der Waals surface area contributed by atoms with Crippen LogP contribution in [0.5, 0.6) is 5.75 Å². The summed E-state index contributed by atoms with van der Waals surface area (Å²) in [6.07, 6.45) is 0. The van der Waals surface area contributed by atoms with E-state index in [-0.39, 0.29) is 5.69 Å². The Hall–Kier alpha value is -3.61. The van der Waals surface area contributed by atoms with Crippen molar-refractivity contribution in [1.29, 1.82) is 0 Å². The van der Waals surface area contributed by atoms with Gasteiger partial charge in [-0.1, -0.05) is 36.4 Å². The van der Waals surface area contributed by atoms with E-state index < -0.39 is 17.2 Å². The molecule has 1 heterocycles.